The fourth-order valence-electron chi connectivity index (χ4n) is 1.79. The lowest BCUT2D eigenvalue weighted by Crippen LogP contribution is -2.09. The Labute approximate surface area is 108 Å². The molecule has 1 aromatic carbocycles. The highest BCUT2D eigenvalue weighted by Gasteiger charge is 2.13. The summed E-state index contributed by atoms with van der Waals surface area (Å²) in [6, 6.07) is 8.29. The maximum atomic E-state index is 5.64. The van der Waals surface area contributed by atoms with Crippen LogP contribution in [0.4, 0.5) is 0 Å². The third-order valence-corrected chi connectivity index (χ3v) is 2.85. The van der Waals surface area contributed by atoms with Crippen LogP contribution in [0.25, 0.3) is 5.69 Å². The number of benzene rings is 1. The van der Waals surface area contributed by atoms with Crippen molar-refractivity contribution in [2.24, 2.45) is 5.73 Å². The smallest absolute Gasteiger partial charge is 0.153 e. The quantitative estimate of drug-likeness (QED) is 0.897. The number of aryl methyl sites for hydroxylation is 1. The van der Waals surface area contributed by atoms with E-state index in [2.05, 4.69) is 55.1 Å². The molecule has 0 aliphatic heterocycles. The molecule has 2 N–H and O–H groups in total. The predicted octanol–water partition coefficient (Wildman–Crippen LogP) is 2.20. The average molecular weight is 244 g/mol. The monoisotopic (exact) mass is 244 g/mol. The van der Waals surface area contributed by atoms with Crippen molar-refractivity contribution in [3.05, 3.63) is 41.5 Å². The first-order chi connectivity index (χ1) is 8.61. The van der Waals surface area contributed by atoms with E-state index < -0.39 is 0 Å². The summed E-state index contributed by atoms with van der Waals surface area (Å²) >= 11 is 0. The molecule has 96 valence electrons. The maximum Gasteiger partial charge on any atom is 0.153 e. The third-order valence-electron chi connectivity index (χ3n) is 2.85. The Kier molecular flexibility index (Phi) is 3.77. The summed E-state index contributed by atoms with van der Waals surface area (Å²) in [5, 5.41) is 4.58. The van der Waals surface area contributed by atoms with E-state index in [1.54, 1.807) is 0 Å². The van der Waals surface area contributed by atoms with E-state index in [9.17, 15) is 0 Å². The van der Waals surface area contributed by atoms with E-state index in [1.165, 1.54) is 5.56 Å². The van der Waals surface area contributed by atoms with Crippen molar-refractivity contribution in [1.82, 2.24) is 14.8 Å². The van der Waals surface area contributed by atoms with Gasteiger partial charge in [-0.15, -0.1) is 0 Å². The van der Waals surface area contributed by atoms with Crippen LogP contribution in [0.15, 0.2) is 24.3 Å². The molecular formula is C14H20N4. The molecule has 4 nitrogen and oxygen atoms in total. The van der Waals surface area contributed by atoms with E-state index in [0.29, 0.717) is 12.5 Å². The number of aromatic nitrogens is 3. The molecule has 0 fully saturated rings. The second-order valence-electron chi connectivity index (χ2n) is 4.83. The van der Waals surface area contributed by atoms with Crippen molar-refractivity contribution in [3.8, 4) is 5.69 Å². The van der Waals surface area contributed by atoms with Gasteiger partial charge in [0.2, 0.25) is 0 Å². The molecule has 0 bridgehead atoms. The highest BCUT2D eigenvalue weighted by Crippen LogP contribution is 2.15. The van der Waals surface area contributed by atoms with Gasteiger partial charge in [-0.25, -0.2) is 9.67 Å². The molecule has 0 unspecified atom stereocenters. The molecule has 18 heavy (non-hydrogen) atoms. The van der Waals surface area contributed by atoms with Crippen molar-refractivity contribution in [2.45, 2.75) is 33.1 Å². The van der Waals surface area contributed by atoms with E-state index in [-0.39, 0.29) is 0 Å². The molecule has 1 heterocycles. The average Bonchev–Trinajstić information content (AvgIpc) is 2.75. The first-order valence-electron chi connectivity index (χ1n) is 6.34. The Morgan fingerprint density at radius 3 is 2.44 bits per heavy atom. The Bertz CT molecular complexity index is 511. The van der Waals surface area contributed by atoms with Gasteiger partial charge in [0.15, 0.2) is 5.82 Å². The van der Waals surface area contributed by atoms with Crippen LogP contribution in [0, 0.1) is 6.92 Å². The molecule has 2 rings (SSSR count). The molecule has 0 saturated carbocycles. The summed E-state index contributed by atoms with van der Waals surface area (Å²) in [7, 11) is 0. The number of rotatable bonds is 4. The summed E-state index contributed by atoms with van der Waals surface area (Å²) in [5.74, 6) is 2.14. The highest BCUT2D eigenvalue weighted by atomic mass is 15.4. The van der Waals surface area contributed by atoms with E-state index in [4.69, 9.17) is 5.73 Å². The first-order valence-corrected chi connectivity index (χ1v) is 6.34. The molecular weight excluding hydrogens is 224 g/mol. The second-order valence-corrected chi connectivity index (χ2v) is 4.83. The van der Waals surface area contributed by atoms with Crippen molar-refractivity contribution in [2.75, 3.05) is 6.54 Å². The first kappa shape index (κ1) is 12.8. The van der Waals surface area contributed by atoms with Gasteiger partial charge in [0, 0.05) is 12.3 Å². The van der Waals surface area contributed by atoms with Gasteiger partial charge in [-0.3, -0.25) is 0 Å². The zero-order valence-corrected chi connectivity index (χ0v) is 11.2. The van der Waals surface area contributed by atoms with Gasteiger partial charge in [-0.2, -0.15) is 5.10 Å². The largest absolute Gasteiger partial charge is 0.330 e. The van der Waals surface area contributed by atoms with Gasteiger partial charge in [-0.1, -0.05) is 31.5 Å². The van der Waals surface area contributed by atoms with Gasteiger partial charge in [-0.05, 0) is 25.6 Å². The predicted molar refractivity (Wildman–Crippen MR) is 72.9 cm³/mol. The van der Waals surface area contributed by atoms with Crippen molar-refractivity contribution in [3.63, 3.8) is 0 Å². The fourth-order valence-corrected chi connectivity index (χ4v) is 1.79. The fraction of sp³-hybridized carbons (Fsp3) is 0.429. The van der Waals surface area contributed by atoms with Gasteiger partial charge in [0.1, 0.15) is 5.82 Å². The molecule has 2 aromatic rings. The van der Waals surface area contributed by atoms with Crippen molar-refractivity contribution in [1.29, 1.82) is 0 Å². The molecule has 0 saturated heterocycles. The number of hydrogen-bond acceptors (Lipinski definition) is 3. The summed E-state index contributed by atoms with van der Waals surface area (Å²) in [6.07, 6.45) is 0.744. The van der Waals surface area contributed by atoms with Crippen LogP contribution in [-0.4, -0.2) is 21.3 Å². The van der Waals surface area contributed by atoms with Gasteiger partial charge in [0.25, 0.3) is 0 Å². The molecule has 0 spiro atoms. The standard InChI is InChI=1S/C14H20N4/c1-10(2)14-16-13(8-9-15)18(17-14)12-6-4-11(3)5-7-12/h4-7,10H,8-9,15H2,1-3H3. The van der Waals surface area contributed by atoms with E-state index in [0.717, 1.165) is 23.8 Å². The van der Waals surface area contributed by atoms with Gasteiger partial charge < -0.3 is 5.73 Å². The minimum atomic E-state index is 0.327. The van der Waals surface area contributed by atoms with Crippen LogP contribution >= 0.6 is 0 Å². The number of nitrogens with two attached hydrogens (primary N) is 1. The SMILES string of the molecule is Cc1ccc(-n2nc(C(C)C)nc2CCN)cc1. The minimum Gasteiger partial charge on any atom is -0.330 e. The van der Waals surface area contributed by atoms with Crippen molar-refractivity contribution < 1.29 is 0 Å². The van der Waals surface area contributed by atoms with E-state index >= 15 is 0 Å². The van der Waals surface area contributed by atoms with Crippen LogP contribution in [-0.2, 0) is 6.42 Å². The summed E-state index contributed by atoms with van der Waals surface area (Å²) in [5.41, 5.74) is 7.92. The Hall–Kier alpha value is -1.68. The zero-order valence-electron chi connectivity index (χ0n) is 11.2. The van der Waals surface area contributed by atoms with Crippen LogP contribution in [0.5, 0.6) is 0 Å². The molecule has 4 heteroatoms. The zero-order chi connectivity index (χ0) is 13.1. The summed E-state index contributed by atoms with van der Waals surface area (Å²) in [4.78, 5) is 4.57. The van der Waals surface area contributed by atoms with Crippen molar-refractivity contribution >= 4 is 0 Å². The number of hydrogen-bond donors (Lipinski definition) is 1. The molecule has 0 aliphatic rings. The number of nitrogens with zero attached hydrogens (tertiary/aromatic N) is 3. The van der Waals surface area contributed by atoms with Gasteiger partial charge >= 0.3 is 0 Å². The Balaban J connectivity index is 2.44. The van der Waals surface area contributed by atoms with Gasteiger partial charge in [0.05, 0.1) is 5.69 Å². The lowest BCUT2D eigenvalue weighted by atomic mass is 10.2. The molecule has 0 aliphatic carbocycles. The lowest BCUT2D eigenvalue weighted by molar-refractivity contribution is 0.743. The van der Waals surface area contributed by atoms with Crippen LogP contribution < -0.4 is 5.73 Å². The third kappa shape index (κ3) is 2.59. The summed E-state index contributed by atoms with van der Waals surface area (Å²) < 4.78 is 1.90. The maximum absolute atomic E-state index is 5.64. The minimum absolute atomic E-state index is 0.327. The van der Waals surface area contributed by atoms with Crippen LogP contribution in [0.3, 0.4) is 0 Å². The highest BCUT2D eigenvalue weighted by molar-refractivity contribution is 5.34. The molecule has 0 atom stereocenters. The molecule has 0 radical (unpaired) electrons. The second kappa shape index (κ2) is 5.31. The normalized spacial score (nSPS) is 11.2. The topological polar surface area (TPSA) is 56.7 Å². The molecule has 1 aromatic heterocycles. The Morgan fingerprint density at radius 1 is 1.22 bits per heavy atom. The van der Waals surface area contributed by atoms with Crippen LogP contribution in [0.1, 0.15) is 37.0 Å². The summed E-state index contributed by atoms with van der Waals surface area (Å²) in [6.45, 7) is 6.86. The van der Waals surface area contributed by atoms with Crippen LogP contribution in [0.2, 0.25) is 0 Å². The van der Waals surface area contributed by atoms with E-state index in [1.807, 2.05) is 4.68 Å². The molecule has 0 amide bonds. The Morgan fingerprint density at radius 2 is 1.89 bits per heavy atom. The lowest BCUT2D eigenvalue weighted by Gasteiger charge is -2.05.